The third-order valence-electron chi connectivity index (χ3n) is 3.43. The highest BCUT2D eigenvalue weighted by molar-refractivity contribution is 5.76. The van der Waals surface area contributed by atoms with Crippen LogP contribution in [0.3, 0.4) is 0 Å². The van der Waals surface area contributed by atoms with Crippen LogP contribution < -0.4 is 0 Å². The predicted octanol–water partition coefficient (Wildman–Crippen LogP) is 1.42. The van der Waals surface area contributed by atoms with E-state index in [1.165, 1.54) is 12.8 Å². The Morgan fingerprint density at radius 1 is 1.47 bits per heavy atom. The lowest BCUT2D eigenvalue weighted by Crippen LogP contribution is -2.42. The number of ether oxygens (including phenoxy) is 1. The van der Waals surface area contributed by atoms with Crippen molar-refractivity contribution in [1.29, 1.82) is 0 Å². The number of carbonyl (C=O) groups is 1. The van der Waals surface area contributed by atoms with E-state index in [-0.39, 0.29) is 5.91 Å². The molecule has 0 bridgehead atoms. The molecule has 0 spiro atoms. The summed E-state index contributed by atoms with van der Waals surface area (Å²) in [6, 6.07) is 0.312. The first-order valence-corrected chi connectivity index (χ1v) is 6.52. The van der Waals surface area contributed by atoms with Crippen LogP contribution in [0, 0.1) is 5.92 Å². The van der Waals surface area contributed by atoms with Crippen LogP contribution in [0.25, 0.3) is 0 Å². The van der Waals surface area contributed by atoms with E-state index in [9.17, 15) is 9.90 Å². The summed E-state index contributed by atoms with van der Waals surface area (Å²) in [6.45, 7) is 5.08. The van der Waals surface area contributed by atoms with E-state index in [2.05, 4.69) is 6.92 Å². The zero-order chi connectivity index (χ0) is 12.8. The van der Waals surface area contributed by atoms with Crippen LogP contribution >= 0.6 is 0 Å². The van der Waals surface area contributed by atoms with Crippen molar-refractivity contribution in [3.8, 4) is 0 Å². The third kappa shape index (κ3) is 5.04. The maximum atomic E-state index is 12.1. The summed E-state index contributed by atoms with van der Waals surface area (Å²) >= 11 is 0. The topological polar surface area (TPSA) is 49.8 Å². The molecule has 1 amide bonds. The van der Waals surface area contributed by atoms with Crippen LogP contribution in [0.4, 0.5) is 0 Å². The first-order valence-electron chi connectivity index (χ1n) is 6.52. The largest absolute Gasteiger partial charge is 0.393 e. The Balaban J connectivity index is 2.45. The van der Waals surface area contributed by atoms with Crippen LogP contribution in [-0.2, 0) is 9.53 Å². The van der Waals surface area contributed by atoms with Gasteiger partial charge in [0.2, 0.25) is 5.91 Å². The molecule has 0 saturated heterocycles. The number of rotatable bonds is 8. The van der Waals surface area contributed by atoms with Gasteiger partial charge in [0.25, 0.3) is 0 Å². The van der Waals surface area contributed by atoms with E-state index < -0.39 is 6.10 Å². The number of methoxy groups -OCH3 is 1. The zero-order valence-corrected chi connectivity index (χ0v) is 11.2. The van der Waals surface area contributed by atoms with Gasteiger partial charge in [0.15, 0.2) is 0 Å². The van der Waals surface area contributed by atoms with E-state index >= 15 is 0 Å². The molecule has 0 aromatic carbocycles. The van der Waals surface area contributed by atoms with Gasteiger partial charge in [-0.2, -0.15) is 0 Å². The molecule has 2 atom stereocenters. The van der Waals surface area contributed by atoms with Gasteiger partial charge in [-0.3, -0.25) is 4.79 Å². The molecule has 100 valence electrons. The molecule has 0 heterocycles. The molecule has 0 aromatic rings. The summed E-state index contributed by atoms with van der Waals surface area (Å²) in [5.41, 5.74) is 0. The highest BCUT2D eigenvalue weighted by Crippen LogP contribution is 2.35. The van der Waals surface area contributed by atoms with Crippen molar-refractivity contribution in [2.75, 3.05) is 20.3 Å². The fourth-order valence-corrected chi connectivity index (χ4v) is 2.05. The first kappa shape index (κ1) is 14.5. The zero-order valence-electron chi connectivity index (χ0n) is 11.2. The average molecular weight is 243 g/mol. The quantitative estimate of drug-likeness (QED) is 0.701. The maximum Gasteiger partial charge on any atom is 0.222 e. The van der Waals surface area contributed by atoms with E-state index in [4.69, 9.17) is 4.74 Å². The molecule has 4 nitrogen and oxygen atoms in total. The minimum absolute atomic E-state index is 0.141. The van der Waals surface area contributed by atoms with Crippen molar-refractivity contribution in [3.05, 3.63) is 0 Å². The molecule has 0 aromatic heterocycles. The summed E-state index contributed by atoms with van der Waals surface area (Å²) in [7, 11) is 1.65. The van der Waals surface area contributed by atoms with E-state index in [1.807, 2.05) is 4.90 Å². The lowest BCUT2D eigenvalue weighted by Gasteiger charge is -2.29. The van der Waals surface area contributed by atoms with Crippen LogP contribution in [0.2, 0.25) is 0 Å². The number of carbonyl (C=O) groups excluding carboxylic acids is 1. The second kappa shape index (κ2) is 6.97. The maximum absolute atomic E-state index is 12.1. The van der Waals surface area contributed by atoms with Crippen molar-refractivity contribution in [1.82, 2.24) is 4.90 Å². The number of aliphatic hydroxyl groups excluding tert-OH is 1. The predicted molar refractivity (Wildman–Crippen MR) is 66.7 cm³/mol. The van der Waals surface area contributed by atoms with Gasteiger partial charge >= 0.3 is 0 Å². The highest BCUT2D eigenvalue weighted by Gasteiger charge is 2.33. The molecule has 0 radical (unpaired) electrons. The van der Waals surface area contributed by atoms with Crippen molar-refractivity contribution in [3.63, 3.8) is 0 Å². The Morgan fingerprint density at radius 3 is 2.59 bits per heavy atom. The van der Waals surface area contributed by atoms with Crippen LogP contribution in [-0.4, -0.2) is 48.3 Å². The van der Waals surface area contributed by atoms with Gasteiger partial charge in [-0.15, -0.1) is 0 Å². The number of aliphatic hydroxyl groups is 1. The Kier molecular flexibility index (Phi) is 5.92. The van der Waals surface area contributed by atoms with Crippen LogP contribution in [0.15, 0.2) is 0 Å². The minimum Gasteiger partial charge on any atom is -0.393 e. The second-order valence-electron chi connectivity index (χ2n) is 5.05. The fraction of sp³-hybridized carbons (Fsp3) is 0.923. The van der Waals surface area contributed by atoms with Gasteiger partial charge < -0.3 is 14.7 Å². The number of hydrogen-bond acceptors (Lipinski definition) is 3. The summed E-state index contributed by atoms with van der Waals surface area (Å²) in [4.78, 5) is 14.0. The van der Waals surface area contributed by atoms with Crippen molar-refractivity contribution >= 4 is 5.91 Å². The molecular formula is C13H25NO3. The lowest BCUT2D eigenvalue weighted by molar-refractivity contribution is -0.135. The summed E-state index contributed by atoms with van der Waals surface area (Å²) in [5.74, 6) is 0.810. The first-order chi connectivity index (χ1) is 8.06. The number of nitrogens with zero attached hydrogens (tertiary/aromatic N) is 1. The van der Waals surface area contributed by atoms with Gasteiger partial charge in [-0.25, -0.2) is 0 Å². The minimum atomic E-state index is -0.403. The molecule has 1 fully saturated rings. The van der Waals surface area contributed by atoms with Gasteiger partial charge in [-0.1, -0.05) is 0 Å². The number of amides is 1. The molecule has 17 heavy (non-hydrogen) atoms. The van der Waals surface area contributed by atoms with Crippen LogP contribution in [0.1, 0.15) is 39.5 Å². The molecule has 1 saturated carbocycles. The molecule has 1 aliphatic carbocycles. The highest BCUT2D eigenvalue weighted by atomic mass is 16.5. The molecule has 1 N–H and O–H groups in total. The van der Waals surface area contributed by atoms with Crippen molar-refractivity contribution < 1.29 is 14.6 Å². The molecule has 0 aliphatic heterocycles. The van der Waals surface area contributed by atoms with Gasteiger partial charge in [-0.05, 0) is 39.0 Å². The van der Waals surface area contributed by atoms with Gasteiger partial charge in [0.05, 0.1) is 12.7 Å². The Labute approximate surface area is 104 Å². The monoisotopic (exact) mass is 243 g/mol. The summed E-state index contributed by atoms with van der Waals surface area (Å²) in [5, 5.41) is 9.22. The Morgan fingerprint density at radius 2 is 2.12 bits per heavy atom. The van der Waals surface area contributed by atoms with Crippen molar-refractivity contribution in [2.24, 2.45) is 5.92 Å². The van der Waals surface area contributed by atoms with Gasteiger partial charge in [0, 0.05) is 26.1 Å². The SMILES string of the molecule is COCCN(C(=O)CCC(C)O)C(C)C1CC1. The summed E-state index contributed by atoms with van der Waals surface area (Å²) < 4.78 is 5.06. The Bertz CT molecular complexity index is 239. The fourth-order valence-electron chi connectivity index (χ4n) is 2.05. The normalized spacial score (nSPS) is 18.8. The van der Waals surface area contributed by atoms with Crippen LogP contribution in [0.5, 0.6) is 0 Å². The molecule has 1 rings (SSSR count). The van der Waals surface area contributed by atoms with E-state index in [1.54, 1.807) is 14.0 Å². The number of hydrogen-bond donors (Lipinski definition) is 1. The Hall–Kier alpha value is -0.610. The van der Waals surface area contributed by atoms with Crippen molar-refractivity contribution in [2.45, 2.75) is 51.7 Å². The van der Waals surface area contributed by atoms with E-state index in [0.29, 0.717) is 38.0 Å². The lowest BCUT2D eigenvalue weighted by atomic mass is 10.1. The molecule has 2 unspecified atom stereocenters. The molecule has 1 aliphatic rings. The van der Waals surface area contributed by atoms with Gasteiger partial charge in [0.1, 0.15) is 0 Å². The molecule has 4 heteroatoms. The average Bonchev–Trinajstić information content (AvgIpc) is 3.10. The smallest absolute Gasteiger partial charge is 0.222 e. The summed E-state index contributed by atoms with van der Waals surface area (Å²) in [6.07, 6.45) is 3.03. The molecular weight excluding hydrogens is 218 g/mol. The third-order valence-corrected chi connectivity index (χ3v) is 3.43. The second-order valence-corrected chi connectivity index (χ2v) is 5.05. The van der Waals surface area contributed by atoms with E-state index in [0.717, 1.165) is 0 Å². The standard InChI is InChI=1S/C13H25NO3/c1-10(15)4-7-13(16)14(8-9-17-3)11(2)12-5-6-12/h10-12,15H,4-9H2,1-3H3.